The molecule has 3 nitrogen and oxygen atoms in total. The van der Waals surface area contributed by atoms with Crippen LogP contribution in [0.2, 0.25) is 0 Å². The van der Waals surface area contributed by atoms with E-state index in [9.17, 15) is 0 Å². The first-order valence-corrected chi connectivity index (χ1v) is 6.19. The topological polar surface area (TPSA) is 47.3 Å². The maximum absolute atomic E-state index is 6.20. The summed E-state index contributed by atoms with van der Waals surface area (Å²) in [5, 5.41) is 3.55. The average Bonchev–Trinajstić information content (AvgIpc) is 2.76. The minimum absolute atomic E-state index is 0.102. The Morgan fingerprint density at radius 1 is 1.20 bits per heavy atom. The summed E-state index contributed by atoms with van der Waals surface area (Å²) in [5.74, 6) is 0. The maximum Gasteiger partial charge on any atom is 0.0659 e. The van der Waals surface area contributed by atoms with Crippen molar-refractivity contribution in [3.8, 4) is 0 Å². The lowest BCUT2D eigenvalue weighted by atomic mass is 9.88. The lowest BCUT2D eigenvalue weighted by Crippen LogP contribution is -2.50. The molecule has 0 amide bonds. The van der Waals surface area contributed by atoms with Gasteiger partial charge in [0.15, 0.2) is 0 Å². The zero-order chi connectivity index (χ0) is 10.8. The van der Waals surface area contributed by atoms with E-state index in [4.69, 9.17) is 10.5 Å². The van der Waals surface area contributed by atoms with Gasteiger partial charge in [-0.2, -0.15) is 0 Å². The predicted molar refractivity (Wildman–Crippen MR) is 61.8 cm³/mol. The molecule has 1 saturated heterocycles. The largest absolute Gasteiger partial charge is 0.379 e. The van der Waals surface area contributed by atoms with E-state index in [-0.39, 0.29) is 5.54 Å². The third kappa shape index (κ3) is 2.92. The van der Waals surface area contributed by atoms with Gasteiger partial charge < -0.3 is 15.8 Å². The molecule has 3 heteroatoms. The quantitative estimate of drug-likeness (QED) is 0.738. The summed E-state index contributed by atoms with van der Waals surface area (Å²) in [6.45, 7) is 5.96. The molecule has 1 heterocycles. The van der Waals surface area contributed by atoms with Gasteiger partial charge in [-0.25, -0.2) is 0 Å². The van der Waals surface area contributed by atoms with Gasteiger partial charge in [-0.15, -0.1) is 0 Å². The van der Waals surface area contributed by atoms with Gasteiger partial charge in [0.05, 0.1) is 12.1 Å². The van der Waals surface area contributed by atoms with Gasteiger partial charge >= 0.3 is 0 Å². The summed E-state index contributed by atoms with van der Waals surface area (Å²) in [6.07, 6.45) is 6.53. The van der Waals surface area contributed by atoms with Crippen LogP contribution < -0.4 is 11.1 Å². The molecule has 1 aliphatic carbocycles. The van der Waals surface area contributed by atoms with Crippen LogP contribution in [0.5, 0.6) is 0 Å². The molecule has 1 atom stereocenters. The molecular formula is C12H24N2O. The van der Waals surface area contributed by atoms with E-state index in [1.807, 2.05) is 0 Å². The SMILES string of the molecule is CC1(CNCC2(N)CCOC2)CCCC1. The fraction of sp³-hybridized carbons (Fsp3) is 1.00. The van der Waals surface area contributed by atoms with Crippen molar-refractivity contribution in [3.05, 3.63) is 0 Å². The Labute approximate surface area is 92.7 Å². The fourth-order valence-corrected chi connectivity index (χ4v) is 2.78. The number of hydrogen-bond donors (Lipinski definition) is 2. The van der Waals surface area contributed by atoms with E-state index in [2.05, 4.69) is 12.2 Å². The van der Waals surface area contributed by atoms with Gasteiger partial charge in [0.1, 0.15) is 0 Å². The van der Waals surface area contributed by atoms with Crippen molar-refractivity contribution in [2.75, 3.05) is 26.3 Å². The Hall–Kier alpha value is -0.120. The van der Waals surface area contributed by atoms with Crippen molar-refractivity contribution in [1.29, 1.82) is 0 Å². The molecular weight excluding hydrogens is 188 g/mol. The summed E-state index contributed by atoms with van der Waals surface area (Å²) in [5.41, 5.74) is 6.62. The summed E-state index contributed by atoms with van der Waals surface area (Å²) in [4.78, 5) is 0. The van der Waals surface area contributed by atoms with Crippen molar-refractivity contribution < 1.29 is 4.74 Å². The second-order valence-corrected chi connectivity index (χ2v) is 5.79. The van der Waals surface area contributed by atoms with Crippen molar-refractivity contribution in [2.24, 2.45) is 11.1 Å². The Morgan fingerprint density at radius 2 is 1.93 bits per heavy atom. The van der Waals surface area contributed by atoms with Gasteiger partial charge in [0.2, 0.25) is 0 Å². The standard InChI is InChI=1S/C12H24N2O/c1-11(4-2-3-5-11)8-14-9-12(13)6-7-15-10-12/h14H,2-10,13H2,1H3. The molecule has 3 N–H and O–H groups in total. The normalized spacial score (nSPS) is 34.8. The summed E-state index contributed by atoms with van der Waals surface area (Å²) >= 11 is 0. The van der Waals surface area contributed by atoms with Crippen molar-refractivity contribution in [2.45, 2.75) is 44.6 Å². The number of nitrogens with two attached hydrogens (primary N) is 1. The van der Waals surface area contributed by atoms with Crippen LogP contribution in [0.25, 0.3) is 0 Å². The molecule has 0 radical (unpaired) electrons. The van der Waals surface area contributed by atoms with E-state index in [0.717, 1.165) is 32.7 Å². The molecule has 2 fully saturated rings. The molecule has 0 spiro atoms. The zero-order valence-corrected chi connectivity index (χ0v) is 9.85. The van der Waals surface area contributed by atoms with E-state index < -0.39 is 0 Å². The summed E-state index contributed by atoms with van der Waals surface area (Å²) < 4.78 is 5.34. The molecule has 2 rings (SSSR count). The summed E-state index contributed by atoms with van der Waals surface area (Å²) in [7, 11) is 0. The Morgan fingerprint density at radius 3 is 2.53 bits per heavy atom. The highest BCUT2D eigenvalue weighted by atomic mass is 16.5. The Bertz CT molecular complexity index is 184. The van der Waals surface area contributed by atoms with Crippen LogP contribution >= 0.6 is 0 Å². The molecule has 1 unspecified atom stereocenters. The third-order valence-electron chi connectivity index (χ3n) is 3.97. The second kappa shape index (κ2) is 4.40. The first-order valence-electron chi connectivity index (χ1n) is 6.19. The van der Waals surface area contributed by atoms with Crippen molar-refractivity contribution in [3.63, 3.8) is 0 Å². The van der Waals surface area contributed by atoms with Gasteiger partial charge in [0.25, 0.3) is 0 Å². The van der Waals surface area contributed by atoms with E-state index in [1.165, 1.54) is 25.7 Å². The molecule has 0 bridgehead atoms. The highest BCUT2D eigenvalue weighted by Crippen LogP contribution is 2.36. The van der Waals surface area contributed by atoms with Crippen molar-refractivity contribution >= 4 is 0 Å². The summed E-state index contributed by atoms with van der Waals surface area (Å²) in [6, 6.07) is 0. The molecule has 15 heavy (non-hydrogen) atoms. The third-order valence-corrected chi connectivity index (χ3v) is 3.97. The second-order valence-electron chi connectivity index (χ2n) is 5.79. The maximum atomic E-state index is 6.20. The number of rotatable bonds is 4. The number of nitrogens with one attached hydrogen (secondary N) is 1. The van der Waals surface area contributed by atoms with E-state index in [0.29, 0.717) is 5.41 Å². The van der Waals surface area contributed by atoms with Crippen LogP contribution in [0.4, 0.5) is 0 Å². The Kier molecular flexibility index (Phi) is 3.33. The number of hydrogen-bond acceptors (Lipinski definition) is 3. The molecule has 0 aromatic heterocycles. The van der Waals surface area contributed by atoms with Gasteiger partial charge in [-0.3, -0.25) is 0 Å². The van der Waals surface area contributed by atoms with E-state index >= 15 is 0 Å². The minimum Gasteiger partial charge on any atom is -0.379 e. The molecule has 1 saturated carbocycles. The average molecular weight is 212 g/mol. The molecule has 0 aromatic rings. The lowest BCUT2D eigenvalue weighted by molar-refractivity contribution is 0.175. The minimum atomic E-state index is -0.102. The molecule has 2 aliphatic rings. The van der Waals surface area contributed by atoms with Crippen LogP contribution in [-0.2, 0) is 4.74 Å². The zero-order valence-electron chi connectivity index (χ0n) is 9.85. The van der Waals surface area contributed by atoms with Crippen LogP contribution in [0.15, 0.2) is 0 Å². The smallest absolute Gasteiger partial charge is 0.0659 e. The van der Waals surface area contributed by atoms with Crippen molar-refractivity contribution in [1.82, 2.24) is 5.32 Å². The number of ether oxygens (including phenoxy) is 1. The van der Waals surface area contributed by atoms with Gasteiger partial charge in [-0.05, 0) is 24.7 Å². The highest BCUT2D eigenvalue weighted by molar-refractivity contribution is 4.91. The van der Waals surface area contributed by atoms with Gasteiger partial charge in [0, 0.05) is 19.7 Å². The Balaban J connectivity index is 1.69. The van der Waals surface area contributed by atoms with Gasteiger partial charge in [-0.1, -0.05) is 19.8 Å². The lowest BCUT2D eigenvalue weighted by Gasteiger charge is -2.28. The van der Waals surface area contributed by atoms with Crippen LogP contribution in [-0.4, -0.2) is 31.8 Å². The first-order chi connectivity index (χ1) is 7.12. The molecule has 0 aromatic carbocycles. The van der Waals surface area contributed by atoms with Crippen LogP contribution in [0, 0.1) is 5.41 Å². The first kappa shape index (κ1) is 11.4. The highest BCUT2D eigenvalue weighted by Gasteiger charge is 2.32. The monoisotopic (exact) mass is 212 g/mol. The fourth-order valence-electron chi connectivity index (χ4n) is 2.78. The van der Waals surface area contributed by atoms with Crippen LogP contribution in [0.1, 0.15) is 39.0 Å². The van der Waals surface area contributed by atoms with E-state index in [1.54, 1.807) is 0 Å². The predicted octanol–water partition coefficient (Wildman–Crippen LogP) is 1.27. The molecule has 88 valence electrons. The molecule has 1 aliphatic heterocycles. The van der Waals surface area contributed by atoms with Crippen LogP contribution in [0.3, 0.4) is 0 Å².